The second kappa shape index (κ2) is 11.4. The van der Waals surface area contributed by atoms with Crippen LogP contribution in [0.4, 0.5) is 4.79 Å². The SMILES string of the molecule is CCOC(=O)N1CCC(NS(=O)(=O)c2ccc(CNCc3cccc(Cl)c3)c3ccccc23)CC1. The molecule has 1 aliphatic heterocycles. The molecule has 186 valence electrons. The molecule has 0 aromatic heterocycles. The van der Waals surface area contributed by atoms with Crippen molar-refractivity contribution in [1.29, 1.82) is 0 Å². The number of halogens is 1. The number of rotatable bonds is 8. The van der Waals surface area contributed by atoms with Crippen LogP contribution in [-0.2, 0) is 27.8 Å². The highest BCUT2D eigenvalue weighted by Crippen LogP contribution is 2.27. The average Bonchev–Trinajstić information content (AvgIpc) is 2.84. The Hall–Kier alpha value is -2.65. The van der Waals surface area contributed by atoms with Crippen LogP contribution in [-0.4, -0.2) is 45.1 Å². The van der Waals surface area contributed by atoms with Gasteiger partial charge in [0, 0.05) is 42.6 Å². The average molecular weight is 516 g/mol. The molecule has 0 saturated carbocycles. The molecule has 3 aromatic carbocycles. The smallest absolute Gasteiger partial charge is 0.409 e. The molecular weight excluding hydrogens is 486 g/mol. The molecule has 0 radical (unpaired) electrons. The molecule has 0 aliphatic carbocycles. The molecule has 1 heterocycles. The number of hydrogen-bond donors (Lipinski definition) is 2. The van der Waals surface area contributed by atoms with E-state index in [4.69, 9.17) is 16.3 Å². The number of amides is 1. The van der Waals surface area contributed by atoms with E-state index in [1.54, 1.807) is 17.9 Å². The summed E-state index contributed by atoms with van der Waals surface area (Å²) in [5.74, 6) is 0. The Morgan fingerprint density at radius 2 is 1.77 bits per heavy atom. The molecular formula is C26H30ClN3O4S. The number of nitrogens with zero attached hydrogens (tertiary/aromatic N) is 1. The third kappa shape index (κ3) is 6.32. The van der Waals surface area contributed by atoms with Crippen molar-refractivity contribution < 1.29 is 17.9 Å². The summed E-state index contributed by atoms with van der Waals surface area (Å²) >= 11 is 6.07. The van der Waals surface area contributed by atoms with Gasteiger partial charge >= 0.3 is 6.09 Å². The fourth-order valence-corrected chi connectivity index (χ4v) is 6.12. The largest absolute Gasteiger partial charge is 0.450 e. The number of hydrogen-bond acceptors (Lipinski definition) is 5. The van der Waals surface area contributed by atoms with Gasteiger partial charge < -0.3 is 15.0 Å². The summed E-state index contributed by atoms with van der Waals surface area (Å²) in [4.78, 5) is 13.8. The Morgan fingerprint density at radius 1 is 1.03 bits per heavy atom. The summed E-state index contributed by atoms with van der Waals surface area (Å²) in [7, 11) is -3.74. The van der Waals surface area contributed by atoms with Crippen molar-refractivity contribution in [1.82, 2.24) is 14.9 Å². The summed E-state index contributed by atoms with van der Waals surface area (Å²) in [6, 6.07) is 18.6. The first-order valence-electron chi connectivity index (χ1n) is 11.8. The highest BCUT2D eigenvalue weighted by atomic mass is 35.5. The molecule has 35 heavy (non-hydrogen) atoms. The fraction of sp³-hybridized carbons (Fsp3) is 0.346. The molecule has 0 spiro atoms. The molecule has 0 bridgehead atoms. The van der Waals surface area contributed by atoms with Crippen LogP contribution in [0.2, 0.25) is 5.02 Å². The van der Waals surface area contributed by atoms with Gasteiger partial charge in [0.15, 0.2) is 0 Å². The maximum absolute atomic E-state index is 13.3. The first kappa shape index (κ1) is 25.4. The van der Waals surface area contributed by atoms with Crippen LogP contribution < -0.4 is 10.0 Å². The minimum atomic E-state index is -3.74. The van der Waals surface area contributed by atoms with Gasteiger partial charge in [0.05, 0.1) is 11.5 Å². The Bertz CT molecular complexity index is 1290. The normalized spacial score (nSPS) is 14.9. The van der Waals surface area contributed by atoms with Crippen LogP contribution in [0.25, 0.3) is 10.8 Å². The van der Waals surface area contributed by atoms with E-state index in [9.17, 15) is 13.2 Å². The van der Waals surface area contributed by atoms with Crippen molar-refractivity contribution >= 4 is 38.5 Å². The Labute approximate surface area is 211 Å². The van der Waals surface area contributed by atoms with Gasteiger partial charge in [-0.25, -0.2) is 17.9 Å². The molecule has 1 fully saturated rings. The summed E-state index contributed by atoms with van der Waals surface area (Å²) in [5, 5.41) is 5.70. The minimum absolute atomic E-state index is 0.233. The molecule has 7 nitrogen and oxygen atoms in total. The highest BCUT2D eigenvalue weighted by molar-refractivity contribution is 7.89. The van der Waals surface area contributed by atoms with Crippen molar-refractivity contribution in [2.75, 3.05) is 19.7 Å². The van der Waals surface area contributed by atoms with Crippen LogP contribution in [0.5, 0.6) is 0 Å². The molecule has 1 amide bonds. The summed E-state index contributed by atoms with van der Waals surface area (Å²) < 4.78 is 34.6. The van der Waals surface area contributed by atoms with E-state index < -0.39 is 10.0 Å². The minimum Gasteiger partial charge on any atom is -0.450 e. The number of ether oxygens (including phenoxy) is 1. The maximum Gasteiger partial charge on any atom is 0.409 e. The van der Waals surface area contributed by atoms with Crippen LogP contribution >= 0.6 is 11.6 Å². The second-order valence-corrected chi connectivity index (χ2v) is 10.7. The monoisotopic (exact) mass is 515 g/mol. The topological polar surface area (TPSA) is 87.7 Å². The van der Waals surface area contributed by atoms with Crippen molar-refractivity contribution in [2.45, 2.75) is 43.8 Å². The van der Waals surface area contributed by atoms with Gasteiger partial charge in [-0.2, -0.15) is 0 Å². The lowest BCUT2D eigenvalue weighted by atomic mass is 10.0. The van der Waals surface area contributed by atoms with E-state index in [1.807, 2.05) is 54.6 Å². The Morgan fingerprint density at radius 3 is 2.49 bits per heavy atom. The van der Waals surface area contributed by atoms with Crippen molar-refractivity contribution in [3.05, 3.63) is 76.8 Å². The number of fused-ring (bicyclic) bond motifs is 1. The number of carbonyl (C=O) groups excluding carboxylic acids is 1. The zero-order chi connectivity index (χ0) is 24.8. The molecule has 1 aliphatic rings. The van der Waals surface area contributed by atoms with Crippen molar-refractivity contribution in [2.24, 2.45) is 0 Å². The third-order valence-corrected chi connectivity index (χ3v) is 7.95. The lowest BCUT2D eigenvalue weighted by Gasteiger charge is -2.31. The van der Waals surface area contributed by atoms with Crippen LogP contribution in [0.1, 0.15) is 30.9 Å². The first-order valence-corrected chi connectivity index (χ1v) is 13.6. The summed E-state index contributed by atoms with van der Waals surface area (Å²) in [5.41, 5.74) is 2.10. The first-order chi connectivity index (χ1) is 16.9. The van der Waals surface area contributed by atoms with Gasteiger partial charge in [-0.05, 0) is 54.5 Å². The zero-order valence-electron chi connectivity index (χ0n) is 19.7. The van der Waals surface area contributed by atoms with Gasteiger partial charge in [0.25, 0.3) is 0 Å². The Balaban J connectivity index is 1.46. The van der Waals surface area contributed by atoms with Gasteiger partial charge in [-0.15, -0.1) is 0 Å². The number of piperidine rings is 1. The predicted molar refractivity (Wildman–Crippen MR) is 138 cm³/mol. The number of nitrogens with one attached hydrogen (secondary N) is 2. The molecule has 0 atom stereocenters. The predicted octanol–water partition coefficient (Wildman–Crippen LogP) is 4.68. The van der Waals surface area contributed by atoms with Gasteiger partial charge in [-0.3, -0.25) is 0 Å². The third-order valence-electron chi connectivity index (χ3n) is 6.14. The van der Waals surface area contributed by atoms with E-state index in [2.05, 4.69) is 10.0 Å². The van der Waals surface area contributed by atoms with E-state index >= 15 is 0 Å². The molecule has 0 unspecified atom stereocenters. The van der Waals surface area contributed by atoms with Crippen LogP contribution in [0.3, 0.4) is 0 Å². The fourth-order valence-electron chi connectivity index (χ4n) is 4.39. The maximum atomic E-state index is 13.3. The number of sulfonamides is 1. The van der Waals surface area contributed by atoms with E-state index in [0.717, 1.165) is 16.5 Å². The quantitative estimate of drug-likeness (QED) is 0.454. The van der Waals surface area contributed by atoms with Crippen LogP contribution in [0.15, 0.2) is 65.6 Å². The van der Waals surface area contributed by atoms with Crippen LogP contribution in [0, 0.1) is 0 Å². The number of carbonyl (C=O) groups is 1. The van der Waals surface area contributed by atoms with E-state index in [1.165, 1.54) is 0 Å². The number of benzene rings is 3. The van der Waals surface area contributed by atoms with E-state index in [-0.39, 0.29) is 17.0 Å². The highest BCUT2D eigenvalue weighted by Gasteiger charge is 2.28. The Kier molecular flexibility index (Phi) is 8.28. The molecule has 2 N–H and O–H groups in total. The van der Waals surface area contributed by atoms with Gasteiger partial charge in [0.2, 0.25) is 10.0 Å². The van der Waals surface area contributed by atoms with Gasteiger partial charge in [-0.1, -0.05) is 54.1 Å². The molecule has 3 aromatic rings. The van der Waals surface area contributed by atoms with Crippen molar-refractivity contribution in [3.8, 4) is 0 Å². The second-order valence-electron chi connectivity index (χ2n) is 8.58. The lowest BCUT2D eigenvalue weighted by Crippen LogP contribution is -2.46. The van der Waals surface area contributed by atoms with Crippen molar-refractivity contribution in [3.63, 3.8) is 0 Å². The lowest BCUT2D eigenvalue weighted by molar-refractivity contribution is 0.0966. The molecule has 4 rings (SSSR count). The van der Waals surface area contributed by atoms with Gasteiger partial charge in [0.1, 0.15) is 0 Å². The number of likely N-dealkylation sites (tertiary alicyclic amines) is 1. The zero-order valence-corrected chi connectivity index (χ0v) is 21.2. The standard InChI is InChI=1S/C26H30ClN3O4S/c1-2-34-26(31)30-14-12-22(13-15-30)29-35(32,33)25-11-10-20(23-8-3-4-9-24(23)25)18-28-17-19-6-5-7-21(27)16-19/h3-11,16,22,28-29H,2,12-15,17-18H2,1H3. The molecule has 1 saturated heterocycles. The van der Waals surface area contributed by atoms with E-state index in [0.29, 0.717) is 56.0 Å². The summed E-state index contributed by atoms with van der Waals surface area (Å²) in [6.07, 6.45) is 0.738. The molecule has 9 heteroatoms. The summed E-state index contributed by atoms with van der Waals surface area (Å²) in [6.45, 7) is 4.26.